The highest BCUT2D eigenvalue weighted by Crippen LogP contribution is 2.34. The summed E-state index contributed by atoms with van der Waals surface area (Å²) in [5.41, 5.74) is 7.14. The Morgan fingerprint density at radius 3 is 2.86 bits per heavy atom. The first kappa shape index (κ1) is 16.1. The van der Waals surface area contributed by atoms with Gasteiger partial charge in [-0.25, -0.2) is 13.1 Å². The van der Waals surface area contributed by atoms with E-state index in [1.807, 2.05) is 19.0 Å². The van der Waals surface area contributed by atoms with Gasteiger partial charge in [-0.2, -0.15) is 0 Å². The number of anilines is 1. The molecule has 7 heteroatoms. The summed E-state index contributed by atoms with van der Waals surface area (Å²) in [4.78, 5) is 2.17. The van der Waals surface area contributed by atoms with Crippen molar-refractivity contribution in [1.29, 1.82) is 0 Å². The van der Waals surface area contributed by atoms with Crippen molar-refractivity contribution >= 4 is 15.7 Å². The lowest BCUT2D eigenvalue weighted by Gasteiger charge is -2.21. The number of nitrogens with one attached hydrogen (secondary N) is 1. The van der Waals surface area contributed by atoms with Crippen molar-refractivity contribution in [2.24, 2.45) is 0 Å². The molecule has 0 atom stereocenters. The van der Waals surface area contributed by atoms with Gasteiger partial charge in [-0.15, -0.1) is 0 Å². The van der Waals surface area contributed by atoms with E-state index in [4.69, 9.17) is 10.5 Å². The van der Waals surface area contributed by atoms with Crippen LogP contribution >= 0.6 is 0 Å². The number of nitrogen functional groups attached to an aromatic ring is 1. The van der Waals surface area contributed by atoms with E-state index in [2.05, 4.69) is 4.72 Å². The summed E-state index contributed by atoms with van der Waals surface area (Å²) in [6.07, 6.45) is 2.42. The van der Waals surface area contributed by atoms with Crippen LogP contribution in [0.1, 0.15) is 18.4 Å². The molecular weight excluding hydrogens is 290 g/mol. The maximum Gasteiger partial charge on any atom is 0.244 e. The van der Waals surface area contributed by atoms with Gasteiger partial charge in [0.15, 0.2) is 0 Å². The van der Waals surface area contributed by atoms with Gasteiger partial charge in [0, 0.05) is 12.2 Å². The minimum atomic E-state index is -3.60. The standard InChI is InChI=1S/C14H23N3O3S/c1-17(2)7-4-6-16-21(18,19)13-10-12(15)9-11-5-3-8-20-14(11)13/h9-10,16H,3-8,15H2,1-2H3. The molecule has 21 heavy (non-hydrogen) atoms. The zero-order chi connectivity index (χ0) is 15.5. The van der Waals surface area contributed by atoms with Crippen LogP contribution in [0.5, 0.6) is 5.75 Å². The van der Waals surface area contributed by atoms with Crippen LogP contribution in [0.4, 0.5) is 5.69 Å². The molecule has 1 aliphatic heterocycles. The highest BCUT2D eigenvalue weighted by Gasteiger charge is 2.24. The van der Waals surface area contributed by atoms with Gasteiger partial charge in [-0.3, -0.25) is 0 Å². The van der Waals surface area contributed by atoms with E-state index in [0.29, 0.717) is 24.6 Å². The third-order valence-electron chi connectivity index (χ3n) is 3.35. The number of nitrogens with two attached hydrogens (primary N) is 1. The molecule has 0 radical (unpaired) electrons. The maximum atomic E-state index is 12.4. The number of nitrogens with zero attached hydrogens (tertiary/aromatic N) is 1. The molecule has 1 aliphatic rings. The predicted octanol–water partition coefficient (Wildman–Crippen LogP) is 0.824. The van der Waals surface area contributed by atoms with Crippen LogP contribution in [0.2, 0.25) is 0 Å². The van der Waals surface area contributed by atoms with Gasteiger partial charge in [0.1, 0.15) is 10.6 Å². The summed E-state index contributed by atoms with van der Waals surface area (Å²) in [7, 11) is 0.314. The molecule has 0 saturated heterocycles. The van der Waals surface area contributed by atoms with E-state index in [1.165, 1.54) is 6.07 Å². The molecule has 1 heterocycles. The van der Waals surface area contributed by atoms with Gasteiger partial charge in [0.25, 0.3) is 0 Å². The van der Waals surface area contributed by atoms with E-state index in [1.54, 1.807) is 6.07 Å². The van der Waals surface area contributed by atoms with E-state index >= 15 is 0 Å². The van der Waals surface area contributed by atoms with Crippen LogP contribution in [-0.4, -0.2) is 47.1 Å². The molecule has 0 bridgehead atoms. The second kappa shape index (κ2) is 6.64. The van der Waals surface area contributed by atoms with Gasteiger partial charge in [0.05, 0.1) is 6.61 Å². The Kier molecular flexibility index (Phi) is 5.08. The number of fused-ring (bicyclic) bond motifs is 1. The number of rotatable bonds is 6. The van der Waals surface area contributed by atoms with Crippen molar-refractivity contribution in [3.8, 4) is 5.75 Å². The van der Waals surface area contributed by atoms with E-state index < -0.39 is 10.0 Å². The molecule has 0 aromatic heterocycles. The average Bonchev–Trinajstić information content (AvgIpc) is 2.42. The average molecular weight is 313 g/mol. The molecule has 118 valence electrons. The van der Waals surface area contributed by atoms with Crippen molar-refractivity contribution in [2.75, 3.05) is 39.5 Å². The van der Waals surface area contributed by atoms with Crippen molar-refractivity contribution in [3.63, 3.8) is 0 Å². The van der Waals surface area contributed by atoms with Gasteiger partial charge in [0.2, 0.25) is 10.0 Å². The monoisotopic (exact) mass is 313 g/mol. The second-order valence-electron chi connectivity index (χ2n) is 5.51. The summed E-state index contributed by atoms with van der Waals surface area (Å²) in [5, 5.41) is 0. The van der Waals surface area contributed by atoms with Crippen LogP contribution in [-0.2, 0) is 16.4 Å². The molecule has 2 rings (SSSR count). The number of sulfonamides is 1. The Bertz CT molecular complexity index is 600. The number of hydrogen-bond donors (Lipinski definition) is 2. The van der Waals surface area contributed by atoms with E-state index in [-0.39, 0.29) is 4.90 Å². The first-order chi connectivity index (χ1) is 9.90. The van der Waals surface area contributed by atoms with Crippen LogP contribution in [0, 0.1) is 0 Å². The summed E-state index contributed by atoms with van der Waals surface area (Å²) >= 11 is 0. The SMILES string of the molecule is CN(C)CCCNS(=O)(=O)c1cc(N)cc2c1OCCC2. The van der Waals surface area contributed by atoms with Crippen LogP contribution < -0.4 is 15.2 Å². The normalized spacial score (nSPS) is 14.8. The first-order valence-corrected chi connectivity index (χ1v) is 8.58. The quantitative estimate of drug-likeness (QED) is 0.600. The maximum absolute atomic E-state index is 12.4. The lowest BCUT2D eigenvalue weighted by Crippen LogP contribution is -2.28. The zero-order valence-electron chi connectivity index (χ0n) is 12.6. The number of hydrogen-bond acceptors (Lipinski definition) is 5. The summed E-state index contributed by atoms with van der Waals surface area (Å²) < 4.78 is 33.1. The molecule has 0 aliphatic carbocycles. The lowest BCUT2D eigenvalue weighted by molar-refractivity contribution is 0.280. The lowest BCUT2D eigenvalue weighted by atomic mass is 10.1. The molecule has 0 spiro atoms. The second-order valence-corrected chi connectivity index (χ2v) is 7.25. The van der Waals surface area contributed by atoms with Crippen molar-refractivity contribution in [3.05, 3.63) is 17.7 Å². The highest BCUT2D eigenvalue weighted by atomic mass is 32.2. The molecule has 0 saturated carbocycles. The fraction of sp³-hybridized carbons (Fsp3) is 0.571. The topological polar surface area (TPSA) is 84.7 Å². The molecule has 0 unspecified atom stereocenters. The van der Waals surface area contributed by atoms with Crippen molar-refractivity contribution in [2.45, 2.75) is 24.2 Å². The fourth-order valence-electron chi connectivity index (χ4n) is 2.35. The van der Waals surface area contributed by atoms with Crippen LogP contribution in [0.25, 0.3) is 0 Å². The first-order valence-electron chi connectivity index (χ1n) is 7.10. The molecule has 0 fully saturated rings. The Balaban J connectivity index is 2.18. The van der Waals surface area contributed by atoms with Crippen LogP contribution in [0.3, 0.4) is 0 Å². The highest BCUT2D eigenvalue weighted by molar-refractivity contribution is 7.89. The summed E-state index contributed by atoms with van der Waals surface area (Å²) in [5.74, 6) is 0.454. The number of ether oxygens (including phenoxy) is 1. The predicted molar refractivity (Wildman–Crippen MR) is 83.0 cm³/mol. The van der Waals surface area contributed by atoms with E-state index in [0.717, 1.165) is 31.4 Å². The third kappa shape index (κ3) is 4.09. The van der Waals surface area contributed by atoms with Gasteiger partial charge >= 0.3 is 0 Å². The summed E-state index contributed by atoms with van der Waals surface area (Å²) in [6.45, 7) is 1.76. The third-order valence-corrected chi connectivity index (χ3v) is 4.82. The minimum absolute atomic E-state index is 0.155. The molecule has 0 amide bonds. The molecular formula is C14H23N3O3S. The van der Waals surface area contributed by atoms with Crippen molar-refractivity contribution in [1.82, 2.24) is 9.62 Å². The van der Waals surface area contributed by atoms with E-state index in [9.17, 15) is 8.42 Å². The number of aryl methyl sites for hydroxylation is 1. The van der Waals surface area contributed by atoms with Crippen LogP contribution in [0.15, 0.2) is 17.0 Å². The Labute approximate surface area is 126 Å². The minimum Gasteiger partial charge on any atom is -0.492 e. The van der Waals surface area contributed by atoms with Gasteiger partial charge in [-0.05, 0) is 57.6 Å². The largest absolute Gasteiger partial charge is 0.492 e. The zero-order valence-corrected chi connectivity index (χ0v) is 13.4. The Morgan fingerprint density at radius 2 is 2.14 bits per heavy atom. The van der Waals surface area contributed by atoms with Gasteiger partial charge in [-0.1, -0.05) is 0 Å². The molecule has 6 nitrogen and oxygen atoms in total. The Hall–Kier alpha value is -1.31. The number of benzene rings is 1. The smallest absolute Gasteiger partial charge is 0.244 e. The van der Waals surface area contributed by atoms with Crippen molar-refractivity contribution < 1.29 is 13.2 Å². The molecule has 1 aromatic carbocycles. The summed E-state index contributed by atoms with van der Waals surface area (Å²) in [6, 6.07) is 3.26. The Morgan fingerprint density at radius 1 is 1.38 bits per heavy atom. The molecule has 1 aromatic rings. The fourth-order valence-corrected chi connectivity index (χ4v) is 3.64. The van der Waals surface area contributed by atoms with Gasteiger partial charge < -0.3 is 15.4 Å². The molecule has 3 N–H and O–H groups in total.